The van der Waals surface area contributed by atoms with Gasteiger partial charge < -0.3 is 4.74 Å². The fourth-order valence-electron chi connectivity index (χ4n) is 3.29. The molecule has 0 aliphatic carbocycles. The molecule has 0 saturated carbocycles. The molecule has 30 heavy (non-hydrogen) atoms. The minimum absolute atomic E-state index is 0.0331. The van der Waals surface area contributed by atoms with Gasteiger partial charge in [0.05, 0.1) is 25.4 Å². The molecule has 0 bridgehead atoms. The number of aryl methyl sites for hydroxylation is 1. The van der Waals surface area contributed by atoms with Gasteiger partial charge in [-0.15, -0.1) is 0 Å². The van der Waals surface area contributed by atoms with Gasteiger partial charge in [-0.1, -0.05) is 6.92 Å². The Bertz CT molecular complexity index is 1200. The summed E-state index contributed by atoms with van der Waals surface area (Å²) >= 11 is 0. The number of benzene rings is 1. The fourth-order valence-corrected chi connectivity index (χ4v) is 3.29. The molecule has 0 aliphatic heterocycles. The zero-order valence-electron chi connectivity index (χ0n) is 16.4. The van der Waals surface area contributed by atoms with Gasteiger partial charge in [-0.3, -0.25) is 9.36 Å². The van der Waals surface area contributed by atoms with E-state index in [0.717, 1.165) is 4.52 Å². The first-order chi connectivity index (χ1) is 14.5. The lowest BCUT2D eigenvalue weighted by Crippen LogP contribution is -2.15. The van der Waals surface area contributed by atoms with Crippen LogP contribution in [0.25, 0.3) is 16.9 Å². The molecule has 0 aliphatic rings. The number of carbonyl (C=O) groups is 1. The van der Waals surface area contributed by atoms with Crippen LogP contribution in [0.2, 0.25) is 0 Å². The second-order valence-electron chi connectivity index (χ2n) is 6.64. The van der Waals surface area contributed by atoms with E-state index in [4.69, 9.17) is 4.74 Å². The highest BCUT2D eigenvalue weighted by atomic mass is 19.3. The number of carbonyl (C=O) groups excluding carboxylic acids is 1. The predicted octanol–water partition coefficient (Wildman–Crippen LogP) is 3.98. The molecule has 0 atom stereocenters. The van der Waals surface area contributed by atoms with Crippen LogP contribution in [0.3, 0.4) is 0 Å². The van der Waals surface area contributed by atoms with Crippen molar-refractivity contribution in [1.29, 1.82) is 0 Å². The van der Waals surface area contributed by atoms with Crippen molar-refractivity contribution in [3.63, 3.8) is 0 Å². The second kappa shape index (κ2) is 8.02. The summed E-state index contributed by atoms with van der Waals surface area (Å²) in [7, 11) is 1.55. The fraction of sp³-hybridized carbons (Fsp3) is 0.238. The summed E-state index contributed by atoms with van der Waals surface area (Å²) in [6, 6.07) is 8.26. The molecule has 0 N–H and O–H groups in total. The van der Waals surface area contributed by atoms with Crippen molar-refractivity contribution in [1.82, 2.24) is 24.1 Å². The Hall–Kier alpha value is -3.62. The van der Waals surface area contributed by atoms with Crippen LogP contribution >= 0.6 is 0 Å². The van der Waals surface area contributed by atoms with Crippen LogP contribution in [0.1, 0.15) is 35.2 Å². The van der Waals surface area contributed by atoms with Crippen LogP contribution in [0.5, 0.6) is 5.75 Å². The third-order valence-corrected chi connectivity index (χ3v) is 4.83. The first-order valence-electron chi connectivity index (χ1n) is 9.37. The number of halogens is 2. The first-order valence-corrected chi connectivity index (χ1v) is 9.37. The third kappa shape index (κ3) is 3.54. The maximum atomic E-state index is 13.7. The van der Waals surface area contributed by atoms with Crippen molar-refractivity contribution in [2.24, 2.45) is 0 Å². The molecule has 0 spiro atoms. The predicted molar refractivity (Wildman–Crippen MR) is 106 cm³/mol. The molecule has 0 fully saturated rings. The summed E-state index contributed by atoms with van der Waals surface area (Å²) in [5.74, 6) is 1.06. The number of nitrogens with zero attached hydrogens (tertiary/aromatic N) is 5. The summed E-state index contributed by atoms with van der Waals surface area (Å²) in [6.07, 6.45) is 2.37. The Kier molecular flexibility index (Phi) is 5.26. The zero-order valence-corrected chi connectivity index (χ0v) is 16.4. The highest BCUT2D eigenvalue weighted by Gasteiger charge is 2.20. The van der Waals surface area contributed by atoms with Gasteiger partial charge in [-0.2, -0.15) is 5.10 Å². The molecular formula is C21H19F2N5O2. The van der Waals surface area contributed by atoms with E-state index < -0.39 is 6.43 Å². The molecule has 7 nitrogen and oxygen atoms in total. The third-order valence-electron chi connectivity index (χ3n) is 4.83. The van der Waals surface area contributed by atoms with E-state index in [1.165, 1.54) is 16.8 Å². The molecule has 9 heteroatoms. The van der Waals surface area contributed by atoms with Crippen molar-refractivity contribution in [2.45, 2.75) is 26.2 Å². The van der Waals surface area contributed by atoms with E-state index in [1.54, 1.807) is 43.8 Å². The lowest BCUT2D eigenvalue weighted by atomic mass is 10.1. The largest absolute Gasteiger partial charge is 0.497 e. The molecule has 4 rings (SSSR count). The van der Waals surface area contributed by atoms with Crippen LogP contribution in [-0.2, 0) is 12.8 Å². The quantitative estimate of drug-likeness (QED) is 0.480. The van der Waals surface area contributed by atoms with Crippen LogP contribution in [0.4, 0.5) is 8.78 Å². The van der Waals surface area contributed by atoms with Crippen LogP contribution in [0.15, 0.2) is 48.9 Å². The van der Waals surface area contributed by atoms with E-state index in [1.807, 2.05) is 6.92 Å². The molecular weight excluding hydrogens is 392 g/mol. The summed E-state index contributed by atoms with van der Waals surface area (Å²) in [5, 5.41) is 4.06. The van der Waals surface area contributed by atoms with Crippen molar-refractivity contribution >= 4 is 11.6 Å². The van der Waals surface area contributed by atoms with E-state index in [-0.39, 0.29) is 23.7 Å². The Morgan fingerprint density at radius 2 is 2.00 bits per heavy atom. The highest BCUT2D eigenvalue weighted by Crippen LogP contribution is 2.28. The standard InChI is InChI=1S/C21H19F2N5O2/c1-3-18-24-8-9-27(18)19(29)10-14-12-25-28-17(20(22)23)11-16(26-21(14)28)13-4-6-15(30-2)7-5-13/h4-9,11-12,20H,3,10H2,1-2H3. The molecule has 0 unspecified atom stereocenters. The molecule has 0 radical (unpaired) electrons. The number of fused-ring (bicyclic) bond motifs is 1. The van der Waals surface area contributed by atoms with Gasteiger partial charge in [0.25, 0.3) is 6.43 Å². The Balaban J connectivity index is 1.78. The van der Waals surface area contributed by atoms with Crippen LogP contribution in [-0.4, -0.2) is 37.2 Å². The van der Waals surface area contributed by atoms with Crippen molar-refractivity contribution < 1.29 is 18.3 Å². The molecule has 1 aromatic carbocycles. The monoisotopic (exact) mass is 411 g/mol. The highest BCUT2D eigenvalue weighted by molar-refractivity contribution is 5.83. The number of ether oxygens (including phenoxy) is 1. The number of hydrogen-bond acceptors (Lipinski definition) is 5. The zero-order chi connectivity index (χ0) is 21.3. The van der Waals surface area contributed by atoms with E-state index >= 15 is 0 Å². The lowest BCUT2D eigenvalue weighted by Gasteiger charge is -2.09. The van der Waals surface area contributed by atoms with E-state index in [2.05, 4.69) is 15.1 Å². The van der Waals surface area contributed by atoms with Gasteiger partial charge in [-0.05, 0) is 30.3 Å². The SMILES string of the molecule is CCc1nccn1C(=O)Cc1cnn2c(C(F)F)cc(-c3ccc(OC)cc3)nc12. The number of alkyl halides is 2. The Morgan fingerprint density at radius 3 is 2.67 bits per heavy atom. The number of imidazole rings is 1. The first kappa shape index (κ1) is 19.7. The second-order valence-corrected chi connectivity index (χ2v) is 6.64. The number of hydrogen-bond donors (Lipinski definition) is 0. The summed E-state index contributed by atoms with van der Waals surface area (Å²) in [6.45, 7) is 1.90. The maximum absolute atomic E-state index is 13.7. The number of aromatic nitrogens is 5. The molecule has 3 aromatic heterocycles. The topological polar surface area (TPSA) is 74.3 Å². The van der Waals surface area contributed by atoms with E-state index in [0.29, 0.717) is 34.8 Å². The summed E-state index contributed by atoms with van der Waals surface area (Å²) < 4.78 is 35.1. The smallest absolute Gasteiger partial charge is 0.280 e. The van der Waals surface area contributed by atoms with Crippen molar-refractivity contribution in [3.05, 3.63) is 66.0 Å². The van der Waals surface area contributed by atoms with Crippen molar-refractivity contribution in [3.8, 4) is 17.0 Å². The minimum Gasteiger partial charge on any atom is -0.497 e. The van der Waals surface area contributed by atoms with Gasteiger partial charge in [-0.25, -0.2) is 23.3 Å². The average Bonchev–Trinajstić information content (AvgIpc) is 3.40. The molecule has 0 saturated heterocycles. The van der Waals surface area contributed by atoms with Gasteiger partial charge in [0.1, 0.15) is 17.3 Å². The van der Waals surface area contributed by atoms with E-state index in [9.17, 15) is 13.6 Å². The van der Waals surface area contributed by atoms with Gasteiger partial charge in [0.15, 0.2) is 5.65 Å². The molecule has 3 heterocycles. The van der Waals surface area contributed by atoms with Gasteiger partial charge >= 0.3 is 0 Å². The molecule has 4 aromatic rings. The average molecular weight is 411 g/mol. The maximum Gasteiger partial charge on any atom is 0.280 e. The number of rotatable bonds is 6. The lowest BCUT2D eigenvalue weighted by molar-refractivity contribution is 0.0911. The summed E-state index contributed by atoms with van der Waals surface area (Å²) in [5.41, 5.74) is 1.42. The minimum atomic E-state index is -2.75. The Morgan fingerprint density at radius 1 is 1.23 bits per heavy atom. The van der Waals surface area contributed by atoms with Crippen LogP contribution in [0, 0.1) is 0 Å². The Labute approximate surface area is 171 Å². The van der Waals surface area contributed by atoms with Crippen LogP contribution < -0.4 is 4.74 Å². The summed E-state index contributed by atoms with van der Waals surface area (Å²) in [4.78, 5) is 21.4. The van der Waals surface area contributed by atoms with Gasteiger partial charge in [0.2, 0.25) is 5.91 Å². The van der Waals surface area contributed by atoms with Gasteiger partial charge in [0, 0.05) is 29.9 Å². The van der Waals surface area contributed by atoms with Crippen molar-refractivity contribution in [2.75, 3.05) is 7.11 Å². The number of methoxy groups -OCH3 is 1. The molecule has 0 amide bonds. The molecule has 154 valence electrons. The normalized spacial score (nSPS) is 11.4.